The van der Waals surface area contributed by atoms with E-state index in [0.29, 0.717) is 5.92 Å². The lowest BCUT2D eigenvalue weighted by Gasteiger charge is -2.21. The summed E-state index contributed by atoms with van der Waals surface area (Å²) in [7, 11) is 1.44. The van der Waals surface area contributed by atoms with Gasteiger partial charge in [-0.15, -0.1) is 11.8 Å². The smallest absolute Gasteiger partial charge is 0.334 e. The number of hydrogen-bond donors (Lipinski definition) is 0. The molecule has 0 bridgehead atoms. The fraction of sp³-hybridized carbons (Fsp3) is 0.778. The number of rotatable bonds is 3. The Morgan fingerprint density at radius 1 is 1.77 bits per heavy atom. The molecule has 0 radical (unpaired) electrons. The second-order valence-electron chi connectivity index (χ2n) is 3.72. The summed E-state index contributed by atoms with van der Waals surface area (Å²) in [6, 6.07) is 0. The highest BCUT2D eigenvalue weighted by molar-refractivity contribution is 8.12. The number of ether oxygens (including phenoxy) is 1. The van der Waals surface area contributed by atoms with Crippen LogP contribution in [0.15, 0.2) is 4.99 Å². The van der Waals surface area contributed by atoms with E-state index in [1.807, 2.05) is 0 Å². The molecule has 0 saturated heterocycles. The lowest BCUT2D eigenvalue weighted by Crippen LogP contribution is -2.39. The van der Waals surface area contributed by atoms with Gasteiger partial charge in [-0.25, -0.2) is 4.79 Å². The van der Waals surface area contributed by atoms with Gasteiger partial charge in [0.05, 0.1) is 12.7 Å². The van der Waals surface area contributed by atoms with Gasteiger partial charge in [-0.1, -0.05) is 12.8 Å². The molecule has 1 aliphatic carbocycles. The highest BCUT2D eigenvalue weighted by Crippen LogP contribution is 2.41. The number of thioether (sulfide) groups is 1. The zero-order valence-electron chi connectivity index (χ0n) is 7.66. The number of carbonyl (C=O) groups is 1. The molecule has 4 heteroatoms. The Hall–Kier alpha value is -0.510. The maximum Gasteiger partial charge on any atom is 0.334 e. The van der Waals surface area contributed by atoms with E-state index < -0.39 is 5.54 Å². The first-order valence-corrected chi connectivity index (χ1v) is 5.55. The number of carbonyl (C=O) groups excluding carboxylic acids is 1. The molecule has 2 aliphatic rings. The minimum Gasteiger partial charge on any atom is -0.467 e. The largest absolute Gasteiger partial charge is 0.467 e. The topological polar surface area (TPSA) is 38.7 Å². The maximum absolute atomic E-state index is 11.6. The van der Waals surface area contributed by atoms with E-state index in [1.165, 1.54) is 20.0 Å². The molecule has 1 fully saturated rings. The van der Waals surface area contributed by atoms with Gasteiger partial charge in [0.1, 0.15) is 0 Å². The summed E-state index contributed by atoms with van der Waals surface area (Å²) in [4.78, 5) is 15.8. The van der Waals surface area contributed by atoms with Crippen LogP contribution in [-0.2, 0) is 9.53 Å². The summed E-state index contributed by atoms with van der Waals surface area (Å²) in [6.07, 6.45) is 3.38. The standard InChI is InChI=1S/C9H13NO2S/c1-12-8(11)9(4-7-2-3-7)5-13-6-10-9/h6-7H,2-5H2,1H3/t9-/m0/s1. The first-order valence-electron chi connectivity index (χ1n) is 4.50. The van der Waals surface area contributed by atoms with E-state index in [0.717, 1.165) is 12.2 Å². The average molecular weight is 199 g/mol. The Kier molecular flexibility index (Phi) is 2.32. The van der Waals surface area contributed by atoms with E-state index >= 15 is 0 Å². The van der Waals surface area contributed by atoms with Gasteiger partial charge >= 0.3 is 5.97 Å². The van der Waals surface area contributed by atoms with Crippen molar-refractivity contribution in [2.24, 2.45) is 10.9 Å². The SMILES string of the molecule is COC(=O)[C@]1(CC2CC2)CSC=N1. The number of methoxy groups -OCH3 is 1. The van der Waals surface area contributed by atoms with E-state index in [9.17, 15) is 4.79 Å². The predicted octanol–water partition coefficient (Wildman–Crippen LogP) is 1.47. The van der Waals surface area contributed by atoms with Gasteiger partial charge < -0.3 is 4.74 Å². The fourth-order valence-electron chi connectivity index (χ4n) is 1.65. The number of aliphatic imine (C=N–C) groups is 1. The van der Waals surface area contributed by atoms with Gasteiger partial charge in [-0.2, -0.15) is 0 Å². The van der Waals surface area contributed by atoms with Crippen LogP contribution in [0.25, 0.3) is 0 Å². The number of hydrogen-bond acceptors (Lipinski definition) is 4. The van der Waals surface area contributed by atoms with E-state index in [2.05, 4.69) is 4.99 Å². The molecular weight excluding hydrogens is 186 g/mol. The molecule has 72 valence electrons. The number of esters is 1. The van der Waals surface area contributed by atoms with Crippen molar-refractivity contribution in [2.45, 2.75) is 24.8 Å². The molecule has 1 atom stereocenters. The number of nitrogens with zero attached hydrogens (tertiary/aromatic N) is 1. The van der Waals surface area contributed by atoms with Crippen molar-refractivity contribution in [3.8, 4) is 0 Å². The van der Waals surface area contributed by atoms with Gasteiger partial charge in [0.15, 0.2) is 5.54 Å². The molecule has 0 unspecified atom stereocenters. The van der Waals surface area contributed by atoms with E-state index in [4.69, 9.17) is 4.74 Å². The summed E-state index contributed by atoms with van der Waals surface area (Å²) < 4.78 is 4.80. The fourth-order valence-corrected chi connectivity index (χ4v) is 2.58. The Bertz CT molecular complexity index is 250. The third-order valence-electron chi connectivity index (χ3n) is 2.59. The molecule has 0 aromatic heterocycles. The van der Waals surface area contributed by atoms with Gasteiger partial charge in [0, 0.05) is 5.75 Å². The van der Waals surface area contributed by atoms with Crippen LogP contribution in [0.1, 0.15) is 19.3 Å². The minimum absolute atomic E-state index is 0.166. The monoisotopic (exact) mass is 199 g/mol. The summed E-state index contributed by atoms with van der Waals surface area (Å²) in [5.41, 5.74) is 1.24. The first-order chi connectivity index (χ1) is 6.27. The Morgan fingerprint density at radius 2 is 2.54 bits per heavy atom. The van der Waals surface area contributed by atoms with Crippen LogP contribution in [0, 0.1) is 5.92 Å². The van der Waals surface area contributed by atoms with Crippen LogP contribution in [-0.4, -0.2) is 29.9 Å². The van der Waals surface area contributed by atoms with Crippen LogP contribution >= 0.6 is 11.8 Å². The summed E-state index contributed by atoms with van der Waals surface area (Å²) in [6.45, 7) is 0. The van der Waals surface area contributed by atoms with Gasteiger partial charge in [0.25, 0.3) is 0 Å². The Balaban J connectivity index is 2.08. The van der Waals surface area contributed by atoms with Crippen molar-refractivity contribution in [1.82, 2.24) is 0 Å². The predicted molar refractivity (Wildman–Crippen MR) is 53.0 cm³/mol. The molecule has 3 nitrogen and oxygen atoms in total. The van der Waals surface area contributed by atoms with Crippen molar-refractivity contribution in [3.63, 3.8) is 0 Å². The van der Waals surface area contributed by atoms with Crippen molar-refractivity contribution in [2.75, 3.05) is 12.9 Å². The van der Waals surface area contributed by atoms with Crippen LogP contribution in [0.3, 0.4) is 0 Å². The highest BCUT2D eigenvalue weighted by Gasteiger charge is 2.45. The third kappa shape index (κ3) is 1.73. The molecule has 0 spiro atoms. The van der Waals surface area contributed by atoms with Crippen LogP contribution < -0.4 is 0 Å². The molecule has 0 amide bonds. The normalized spacial score (nSPS) is 32.1. The molecule has 1 heterocycles. The van der Waals surface area contributed by atoms with Gasteiger partial charge in [-0.05, 0) is 12.3 Å². The highest BCUT2D eigenvalue weighted by atomic mass is 32.2. The summed E-state index contributed by atoms with van der Waals surface area (Å²) in [5, 5.41) is 0. The first kappa shape index (κ1) is 9.06. The third-order valence-corrected chi connectivity index (χ3v) is 3.48. The Morgan fingerprint density at radius 3 is 3.00 bits per heavy atom. The lowest BCUT2D eigenvalue weighted by atomic mass is 9.96. The zero-order valence-corrected chi connectivity index (χ0v) is 8.47. The molecule has 1 saturated carbocycles. The summed E-state index contributed by atoms with van der Waals surface area (Å²) >= 11 is 1.60. The molecule has 13 heavy (non-hydrogen) atoms. The molecule has 0 aromatic carbocycles. The van der Waals surface area contributed by atoms with Crippen LogP contribution in [0.5, 0.6) is 0 Å². The molecule has 2 rings (SSSR count). The van der Waals surface area contributed by atoms with Gasteiger partial charge in [-0.3, -0.25) is 4.99 Å². The maximum atomic E-state index is 11.6. The summed E-state index contributed by atoms with van der Waals surface area (Å²) in [5.74, 6) is 1.30. The van der Waals surface area contributed by atoms with E-state index in [1.54, 1.807) is 17.3 Å². The zero-order chi connectivity index (χ0) is 9.31. The molecule has 0 aromatic rings. The molecule has 0 N–H and O–H groups in total. The van der Waals surface area contributed by atoms with Crippen molar-refractivity contribution < 1.29 is 9.53 Å². The van der Waals surface area contributed by atoms with Crippen LogP contribution in [0.2, 0.25) is 0 Å². The average Bonchev–Trinajstić information content (AvgIpc) is 2.81. The van der Waals surface area contributed by atoms with E-state index in [-0.39, 0.29) is 5.97 Å². The van der Waals surface area contributed by atoms with Crippen molar-refractivity contribution >= 4 is 23.3 Å². The second kappa shape index (κ2) is 3.33. The quantitative estimate of drug-likeness (QED) is 0.646. The Labute approximate surface area is 81.9 Å². The molecular formula is C9H13NO2S. The minimum atomic E-state index is -0.541. The van der Waals surface area contributed by atoms with Gasteiger partial charge in [0.2, 0.25) is 0 Å². The molecule has 1 aliphatic heterocycles. The van der Waals surface area contributed by atoms with Crippen molar-refractivity contribution in [3.05, 3.63) is 0 Å². The second-order valence-corrected chi connectivity index (χ2v) is 4.55. The van der Waals surface area contributed by atoms with Crippen molar-refractivity contribution in [1.29, 1.82) is 0 Å². The lowest BCUT2D eigenvalue weighted by molar-refractivity contribution is -0.146. The van der Waals surface area contributed by atoms with Crippen LogP contribution in [0.4, 0.5) is 0 Å².